The van der Waals surface area contributed by atoms with Crippen molar-refractivity contribution in [2.75, 3.05) is 34.7 Å². The molecule has 0 aromatic heterocycles. The van der Waals surface area contributed by atoms with E-state index in [1.165, 1.54) is 0 Å². The quantitative estimate of drug-likeness (QED) is 0.329. The minimum Gasteiger partial charge on any atom is -0.250 e. The van der Waals surface area contributed by atoms with Crippen molar-refractivity contribution in [2.45, 2.75) is 0 Å². The zero-order valence-electron chi connectivity index (χ0n) is 7.91. The highest BCUT2D eigenvalue weighted by Crippen LogP contribution is 1.90. The van der Waals surface area contributed by atoms with E-state index in [4.69, 9.17) is 11.7 Å². The van der Waals surface area contributed by atoms with Gasteiger partial charge in [-0.2, -0.15) is 11.7 Å². The van der Waals surface area contributed by atoms with Crippen LogP contribution in [0.3, 0.4) is 0 Å². The molecule has 4 N–H and O–H groups in total. The lowest BCUT2D eigenvalue weighted by Crippen LogP contribution is -2.47. The molecule has 66 valence electrons. The Morgan fingerprint density at radius 1 is 1.09 bits per heavy atom. The van der Waals surface area contributed by atoms with Crippen LogP contribution in [-0.2, 0) is 0 Å². The maximum absolute atomic E-state index is 5.70. The Morgan fingerprint density at radius 2 is 1.55 bits per heavy atom. The molecule has 0 aliphatic heterocycles. The Kier molecular flexibility index (Phi) is 3.19. The lowest BCUT2D eigenvalue weighted by atomic mass is 10.5. The van der Waals surface area contributed by atoms with Gasteiger partial charge in [-0.3, -0.25) is 0 Å². The van der Waals surface area contributed by atoms with E-state index < -0.39 is 0 Å². The molecule has 4 heteroatoms. The third kappa shape index (κ3) is 9.58. The number of quaternary nitrogens is 2. The number of hydrogen-bond donors (Lipinski definition) is 2. The largest absolute Gasteiger partial charge is 0.250 e. The van der Waals surface area contributed by atoms with Crippen LogP contribution >= 0.6 is 0 Å². The van der Waals surface area contributed by atoms with Gasteiger partial charge in [0.25, 0.3) is 0 Å². The van der Waals surface area contributed by atoms with Gasteiger partial charge < -0.3 is 0 Å². The molecule has 0 aromatic rings. The van der Waals surface area contributed by atoms with Crippen LogP contribution in [0.5, 0.6) is 0 Å². The number of nitrogens with two attached hydrogens (primary N) is 2. The minimum atomic E-state index is 0.347. The lowest BCUT2D eigenvalue weighted by Gasteiger charge is -2.21. The summed E-state index contributed by atoms with van der Waals surface area (Å²) in [6.07, 6.45) is 3.90. The predicted molar refractivity (Wildman–Crippen MR) is 46.6 cm³/mol. The summed E-state index contributed by atoms with van der Waals surface area (Å²) < 4.78 is 0.788. The maximum Gasteiger partial charge on any atom is 0.120 e. The minimum absolute atomic E-state index is 0.347. The van der Waals surface area contributed by atoms with E-state index in [2.05, 4.69) is 0 Å². The molecular weight excluding hydrogens is 140 g/mol. The van der Waals surface area contributed by atoms with Gasteiger partial charge in [-0.25, -0.2) is 9.18 Å². The molecule has 0 fully saturated rings. The van der Waals surface area contributed by atoms with Gasteiger partial charge in [0.15, 0.2) is 0 Å². The molecule has 0 saturated heterocycles. The van der Waals surface area contributed by atoms with Crippen molar-refractivity contribution in [3.05, 3.63) is 12.3 Å². The molecule has 0 heterocycles. The topological polar surface area (TPSA) is 52.0 Å². The van der Waals surface area contributed by atoms with E-state index in [1.54, 1.807) is 0 Å². The second kappa shape index (κ2) is 3.32. The molecule has 0 rings (SSSR count). The normalized spacial score (nSPS) is 14.4. The van der Waals surface area contributed by atoms with Gasteiger partial charge in [0.05, 0.1) is 28.2 Å². The molecule has 0 aromatic carbocycles. The molecule has 11 heavy (non-hydrogen) atoms. The van der Waals surface area contributed by atoms with Crippen molar-refractivity contribution < 1.29 is 9.18 Å². The molecule has 0 unspecified atom stereocenters. The highest BCUT2D eigenvalue weighted by molar-refractivity contribution is 4.71. The third-order valence-electron chi connectivity index (χ3n) is 1.07. The van der Waals surface area contributed by atoms with Crippen LogP contribution in [0.15, 0.2) is 12.3 Å². The van der Waals surface area contributed by atoms with Crippen LogP contribution in [-0.4, -0.2) is 43.9 Å². The summed E-state index contributed by atoms with van der Waals surface area (Å²) in [6, 6.07) is 0. The fourth-order valence-corrected chi connectivity index (χ4v) is 0.590. The molecule has 0 saturated carbocycles. The Bertz CT molecular complexity index is 138. The van der Waals surface area contributed by atoms with E-state index in [9.17, 15) is 0 Å². The Morgan fingerprint density at radius 3 is 1.82 bits per heavy atom. The summed E-state index contributed by atoms with van der Waals surface area (Å²) in [5.41, 5.74) is 0. The number of likely N-dealkylation sites (N-methyl/N-ethyl adjacent to an activating group) is 1. The van der Waals surface area contributed by atoms with E-state index in [-0.39, 0.29) is 0 Å². The number of hydrogen-bond acceptors (Lipinski definition) is 2. The van der Waals surface area contributed by atoms with Gasteiger partial charge in [-0.1, -0.05) is 0 Å². The first-order valence-corrected chi connectivity index (χ1v) is 3.62. The molecular formula is C7H20N4+2. The van der Waals surface area contributed by atoms with Crippen LogP contribution in [0.25, 0.3) is 0 Å². The average molecular weight is 160 g/mol. The van der Waals surface area contributed by atoms with Crippen molar-refractivity contribution in [3.63, 3.8) is 0 Å². The van der Waals surface area contributed by atoms with Gasteiger partial charge in [-0.15, -0.1) is 0 Å². The first kappa shape index (κ1) is 10.6. The summed E-state index contributed by atoms with van der Waals surface area (Å²) in [5, 5.41) is 0. The molecule has 0 aliphatic rings. The van der Waals surface area contributed by atoms with Crippen LogP contribution in [0, 0.1) is 0 Å². The van der Waals surface area contributed by atoms with Crippen LogP contribution in [0.4, 0.5) is 0 Å². The van der Waals surface area contributed by atoms with Gasteiger partial charge in [0.1, 0.15) is 12.7 Å². The summed E-state index contributed by atoms with van der Waals surface area (Å²) >= 11 is 0. The molecule has 4 nitrogen and oxygen atoms in total. The molecule has 0 atom stereocenters. The second-order valence-electron chi connectivity index (χ2n) is 3.98. The van der Waals surface area contributed by atoms with E-state index >= 15 is 0 Å². The van der Waals surface area contributed by atoms with E-state index in [1.807, 2.05) is 40.5 Å². The highest BCUT2D eigenvalue weighted by Gasteiger charge is 2.06. The van der Waals surface area contributed by atoms with Crippen molar-refractivity contribution >= 4 is 0 Å². The van der Waals surface area contributed by atoms with Gasteiger partial charge in [0.2, 0.25) is 0 Å². The third-order valence-corrected chi connectivity index (χ3v) is 1.07. The fraction of sp³-hybridized carbons (Fsp3) is 0.714. The van der Waals surface area contributed by atoms with Gasteiger partial charge in [0, 0.05) is 6.08 Å². The zero-order valence-corrected chi connectivity index (χ0v) is 7.91. The second-order valence-corrected chi connectivity index (χ2v) is 3.98. The number of rotatable bonds is 3. The van der Waals surface area contributed by atoms with Gasteiger partial charge >= 0.3 is 0 Å². The van der Waals surface area contributed by atoms with Crippen molar-refractivity contribution in [1.82, 2.24) is 0 Å². The van der Waals surface area contributed by atoms with Crippen molar-refractivity contribution in [2.24, 2.45) is 11.7 Å². The molecule has 0 radical (unpaired) electrons. The smallest absolute Gasteiger partial charge is 0.120 e. The van der Waals surface area contributed by atoms with Crippen LogP contribution < -0.4 is 11.7 Å². The predicted octanol–water partition coefficient (Wildman–Crippen LogP) is -0.600. The Labute approximate surface area is 68.8 Å². The lowest BCUT2D eigenvalue weighted by molar-refractivity contribution is -0.897. The highest BCUT2D eigenvalue weighted by atomic mass is 15.5. The zero-order chi connectivity index (χ0) is 9.12. The maximum atomic E-state index is 5.70. The fourth-order valence-electron chi connectivity index (χ4n) is 0.590. The molecule has 0 bridgehead atoms. The van der Waals surface area contributed by atoms with Crippen LogP contribution in [0.1, 0.15) is 0 Å². The van der Waals surface area contributed by atoms with E-state index in [0.717, 1.165) is 6.54 Å². The average Bonchev–Trinajstić information content (AvgIpc) is 1.55. The summed E-state index contributed by atoms with van der Waals surface area (Å²) in [4.78, 5) is 0. The van der Waals surface area contributed by atoms with E-state index in [0.29, 0.717) is 9.18 Å². The molecule has 0 amide bonds. The van der Waals surface area contributed by atoms with Crippen molar-refractivity contribution in [1.29, 1.82) is 0 Å². The first-order valence-electron chi connectivity index (χ1n) is 3.62. The molecule has 0 aliphatic carbocycles. The number of nitrogens with zero attached hydrogens (tertiary/aromatic N) is 2. The standard InChI is InChI=1S/C7H20N4/c1-10(2,8)6-5-7-11(3,4)9/h5-6H,7-9H2,1-4H3/q+2/b6-5+. The monoisotopic (exact) mass is 160 g/mol. The Hall–Kier alpha value is -0.420. The summed E-state index contributed by atoms with van der Waals surface area (Å²) in [7, 11) is 7.65. The summed E-state index contributed by atoms with van der Waals surface area (Å²) in [6.45, 7) is 0.791. The first-order chi connectivity index (χ1) is 4.71. The summed E-state index contributed by atoms with van der Waals surface area (Å²) in [5.74, 6) is 11.4. The Balaban J connectivity index is 3.80. The van der Waals surface area contributed by atoms with Crippen molar-refractivity contribution in [3.8, 4) is 0 Å². The van der Waals surface area contributed by atoms with Gasteiger partial charge in [-0.05, 0) is 0 Å². The molecule has 0 spiro atoms. The SMILES string of the molecule is C[N+](C)(N)/C=C/C[N+](C)(C)N. The van der Waals surface area contributed by atoms with Crippen LogP contribution in [0.2, 0.25) is 0 Å².